The second-order valence-electron chi connectivity index (χ2n) is 6.05. The molecule has 2 aromatic rings. The van der Waals surface area contributed by atoms with Gasteiger partial charge in [-0.05, 0) is 24.8 Å². The molecule has 0 bridgehead atoms. The molecule has 0 atom stereocenters. The van der Waals surface area contributed by atoms with Gasteiger partial charge in [-0.1, -0.05) is 30.3 Å². The number of aromatic nitrogens is 2. The molecule has 0 N–H and O–H groups in total. The summed E-state index contributed by atoms with van der Waals surface area (Å²) in [4.78, 5) is 25.3. The number of nitrogens with zero attached hydrogens (tertiary/aromatic N) is 3. The molecule has 1 saturated heterocycles. The van der Waals surface area contributed by atoms with E-state index in [0.717, 1.165) is 37.2 Å². The van der Waals surface area contributed by atoms with E-state index in [1.807, 2.05) is 35.2 Å². The normalized spacial score (nSPS) is 15.6. The predicted octanol–water partition coefficient (Wildman–Crippen LogP) is 2.17. The summed E-state index contributed by atoms with van der Waals surface area (Å²) >= 11 is 0. The van der Waals surface area contributed by atoms with Gasteiger partial charge in [0.15, 0.2) is 0 Å². The molecule has 2 heterocycles. The zero-order valence-corrected chi connectivity index (χ0v) is 13.3. The van der Waals surface area contributed by atoms with Crippen LogP contribution in [0.3, 0.4) is 0 Å². The smallest absolute Gasteiger partial charge is 0.266 e. The summed E-state index contributed by atoms with van der Waals surface area (Å²) in [6.45, 7) is 3.77. The molecule has 1 aromatic carbocycles. The quantitative estimate of drug-likeness (QED) is 0.873. The van der Waals surface area contributed by atoms with E-state index < -0.39 is 0 Å². The number of hydrogen-bond donors (Lipinski definition) is 0. The fourth-order valence-corrected chi connectivity index (χ4v) is 3.02. The van der Waals surface area contributed by atoms with Crippen molar-refractivity contribution in [3.05, 3.63) is 52.8 Å². The van der Waals surface area contributed by atoms with Crippen molar-refractivity contribution in [2.75, 3.05) is 13.1 Å². The van der Waals surface area contributed by atoms with Crippen LogP contribution in [-0.4, -0.2) is 33.7 Å². The van der Waals surface area contributed by atoms with Crippen LogP contribution in [0.4, 0.5) is 0 Å². The molecule has 1 aromatic heterocycles. The van der Waals surface area contributed by atoms with E-state index in [4.69, 9.17) is 0 Å². The van der Waals surface area contributed by atoms with Gasteiger partial charge in [0.2, 0.25) is 5.91 Å². The van der Waals surface area contributed by atoms with Crippen molar-refractivity contribution in [3.63, 3.8) is 0 Å². The molecule has 1 amide bonds. The number of rotatable bonds is 3. The molecule has 23 heavy (non-hydrogen) atoms. The molecule has 1 aliphatic heterocycles. The van der Waals surface area contributed by atoms with E-state index in [2.05, 4.69) is 5.10 Å². The van der Waals surface area contributed by atoms with Crippen molar-refractivity contribution in [1.82, 2.24) is 14.7 Å². The fraction of sp³-hybridized carbons (Fsp3) is 0.389. The van der Waals surface area contributed by atoms with Crippen molar-refractivity contribution in [2.24, 2.45) is 5.92 Å². The number of piperidine rings is 1. The average molecular weight is 311 g/mol. The van der Waals surface area contributed by atoms with E-state index in [0.29, 0.717) is 12.5 Å². The largest absolute Gasteiger partial charge is 0.343 e. The number of amides is 1. The van der Waals surface area contributed by atoms with Gasteiger partial charge < -0.3 is 4.90 Å². The minimum absolute atomic E-state index is 0.0707. The van der Waals surface area contributed by atoms with Gasteiger partial charge in [-0.3, -0.25) is 9.59 Å². The molecule has 0 radical (unpaired) electrons. The Morgan fingerprint density at radius 2 is 1.83 bits per heavy atom. The molecule has 1 fully saturated rings. The molecule has 3 rings (SSSR count). The maximum absolute atomic E-state index is 12.1. The average Bonchev–Trinajstić information content (AvgIpc) is 2.58. The summed E-state index contributed by atoms with van der Waals surface area (Å²) in [6.07, 6.45) is 1.84. The van der Waals surface area contributed by atoms with E-state index in [1.54, 1.807) is 23.7 Å². The van der Waals surface area contributed by atoms with Gasteiger partial charge in [-0.15, -0.1) is 0 Å². The summed E-state index contributed by atoms with van der Waals surface area (Å²) < 4.78 is 1.57. The van der Waals surface area contributed by atoms with Crippen LogP contribution in [-0.2, 0) is 11.3 Å². The molecule has 0 unspecified atom stereocenters. The number of hydrogen-bond acceptors (Lipinski definition) is 3. The van der Waals surface area contributed by atoms with E-state index in [-0.39, 0.29) is 11.5 Å². The molecule has 0 spiro atoms. The summed E-state index contributed by atoms with van der Waals surface area (Å²) in [5.41, 5.74) is 1.75. The van der Waals surface area contributed by atoms with Crippen LogP contribution in [0.1, 0.15) is 19.8 Å². The van der Waals surface area contributed by atoms with Crippen molar-refractivity contribution < 1.29 is 4.79 Å². The predicted molar refractivity (Wildman–Crippen MR) is 88.9 cm³/mol. The minimum atomic E-state index is -0.0707. The van der Waals surface area contributed by atoms with Crippen LogP contribution in [0.25, 0.3) is 11.3 Å². The van der Waals surface area contributed by atoms with Crippen LogP contribution in [0.2, 0.25) is 0 Å². The molecular formula is C18H21N3O2. The van der Waals surface area contributed by atoms with Gasteiger partial charge in [-0.25, -0.2) is 4.68 Å². The molecular weight excluding hydrogens is 290 g/mol. The molecule has 0 aliphatic carbocycles. The second kappa shape index (κ2) is 6.77. The molecule has 120 valence electrons. The van der Waals surface area contributed by atoms with Crippen LogP contribution >= 0.6 is 0 Å². The van der Waals surface area contributed by atoms with Crippen molar-refractivity contribution in [1.29, 1.82) is 0 Å². The summed E-state index contributed by atoms with van der Waals surface area (Å²) in [7, 11) is 0. The van der Waals surface area contributed by atoms with Gasteiger partial charge >= 0.3 is 0 Å². The standard InChI is InChI=1S/C18H21N3O2/c1-14(22)20-11-9-15(10-12-20)13-21-18(23)8-7-17(19-21)16-5-3-2-4-6-16/h2-8,15H,9-13H2,1H3. The van der Waals surface area contributed by atoms with Crippen LogP contribution in [0.15, 0.2) is 47.3 Å². The monoisotopic (exact) mass is 311 g/mol. The highest BCUT2D eigenvalue weighted by Gasteiger charge is 2.21. The number of carbonyl (C=O) groups is 1. The van der Waals surface area contributed by atoms with Gasteiger partial charge in [0.25, 0.3) is 5.56 Å². The SMILES string of the molecule is CC(=O)N1CCC(Cn2nc(-c3ccccc3)ccc2=O)CC1. The Hall–Kier alpha value is -2.43. The maximum Gasteiger partial charge on any atom is 0.266 e. The van der Waals surface area contributed by atoms with Crippen molar-refractivity contribution in [2.45, 2.75) is 26.3 Å². The summed E-state index contributed by atoms with van der Waals surface area (Å²) in [6, 6.07) is 13.2. The van der Waals surface area contributed by atoms with Crippen molar-refractivity contribution >= 4 is 5.91 Å². The zero-order valence-electron chi connectivity index (χ0n) is 13.3. The summed E-state index contributed by atoms with van der Waals surface area (Å²) in [5, 5.41) is 4.51. The number of likely N-dealkylation sites (tertiary alicyclic amines) is 1. The third kappa shape index (κ3) is 3.67. The first kappa shape index (κ1) is 15.5. The fourth-order valence-electron chi connectivity index (χ4n) is 3.02. The highest BCUT2D eigenvalue weighted by molar-refractivity contribution is 5.73. The van der Waals surface area contributed by atoms with Gasteiger partial charge in [0.05, 0.1) is 5.69 Å². The lowest BCUT2D eigenvalue weighted by Crippen LogP contribution is -2.39. The van der Waals surface area contributed by atoms with E-state index in [1.165, 1.54) is 0 Å². The third-order valence-electron chi connectivity index (χ3n) is 4.43. The lowest BCUT2D eigenvalue weighted by molar-refractivity contribution is -0.130. The Balaban J connectivity index is 1.73. The topological polar surface area (TPSA) is 55.2 Å². The highest BCUT2D eigenvalue weighted by Crippen LogP contribution is 2.19. The Bertz CT molecular complexity index is 731. The first-order valence-corrected chi connectivity index (χ1v) is 8.02. The molecule has 5 heteroatoms. The Labute approximate surface area is 135 Å². The Kier molecular flexibility index (Phi) is 4.55. The van der Waals surface area contributed by atoms with E-state index in [9.17, 15) is 9.59 Å². The summed E-state index contributed by atoms with van der Waals surface area (Å²) in [5.74, 6) is 0.520. The highest BCUT2D eigenvalue weighted by atomic mass is 16.2. The number of carbonyl (C=O) groups excluding carboxylic acids is 1. The Morgan fingerprint density at radius 3 is 2.48 bits per heavy atom. The number of benzene rings is 1. The van der Waals surface area contributed by atoms with E-state index >= 15 is 0 Å². The first-order valence-electron chi connectivity index (χ1n) is 8.02. The third-order valence-corrected chi connectivity index (χ3v) is 4.43. The van der Waals surface area contributed by atoms with Gasteiger partial charge in [0.1, 0.15) is 0 Å². The first-order chi connectivity index (χ1) is 11.1. The van der Waals surface area contributed by atoms with Gasteiger partial charge in [0, 0.05) is 38.2 Å². The Morgan fingerprint density at radius 1 is 1.13 bits per heavy atom. The zero-order chi connectivity index (χ0) is 16.2. The van der Waals surface area contributed by atoms with Crippen molar-refractivity contribution in [3.8, 4) is 11.3 Å². The second-order valence-corrected chi connectivity index (χ2v) is 6.05. The molecule has 1 aliphatic rings. The maximum atomic E-state index is 12.1. The molecule has 5 nitrogen and oxygen atoms in total. The minimum Gasteiger partial charge on any atom is -0.343 e. The molecule has 0 saturated carbocycles. The van der Waals surface area contributed by atoms with Gasteiger partial charge in [-0.2, -0.15) is 5.10 Å². The lowest BCUT2D eigenvalue weighted by Gasteiger charge is -2.31. The van der Waals surface area contributed by atoms with Crippen LogP contribution in [0, 0.1) is 5.92 Å². The van der Waals surface area contributed by atoms with Crippen LogP contribution < -0.4 is 5.56 Å². The van der Waals surface area contributed by atoms with Crippen LogP contribution in [0.5, 0.6) is 0 Å². The lowest BCUT2D eigenvalue weighted by atomic mass is 9.97.